The van der Waals surface area contributed by atoms with Crippen LogP contribution in [0, 0.1) is 6.92 Å². The van der Waals surface area contributed by atoms with Crippen LogP contribution in [0.2, 0.25) is 10.0 Å². The van der Waals surface area contributed by atoms with Gasteiger partial charge in [0, 0.05) is 28.4 Å². The number of nitrogens with one attached hydrogen (secondary N) is 2. The van der Waals surface area contributed by atoms with E-state index >= 15 is 0 Å². The van der Waals surface area contributed by atoms with Gasteiger partial charge in [0.05, 0.1) is 12.8 Å². The van der Waals surface area contributed by atoms with Crippen molar-refractivity contribution >= 4 is 40.7 Å². The molecule has 1 aromatic heterocycles. The van der Waals surface area contributed by atoms with Gasteiger partial charge in [-0.3, -0.25) is 0 Å². The third-order valence-corrected chi connectivity index (χ3v) is 4.28. The minimum Gasteiger partial charge on any atom is -0.495 e. The molecule has 1 heterocycles. The molecule has 0 amide bonds. The summed E-state index contributed by atoms with van der Waals surface area (Å²) in [7, 11) is 1.61. The van der Waals surface area contributed by atoms with Crippen LogP contribution < -0.4 is 15.4 Å². The minimum absolute atomic E-state index is 0.508. The quantitative estimate of drug-likeness (QED) is 0.587. The van der Waals surface area contributed by atoms with Crippen molar-refractivity contribution in [3.05, 3.63) is 69.8 Å². The highest BCUT2D eigenvalue weighted by atomic mass is 35.5. The van der Waals surface area contributed by atoms with Crippen molar-refractivity contribution in [2.24, 2.45) is 0 Å². The second-order valence-electron chi connectivity index (χ2n) is 5.63. The molecule has 0 fully saturated rings. The molecule has 0 spiro atoms. The first-order chi connectivity index (χ1) is 12.5. The summed E-state index contributed by atoms with van der Waals surface area (Å²) < 4.78 is 5.36. The highest BCUT2D eigenvalue weighted by molar-refractivity contribution is 6.31. The van der Waals surface area contributed by atoms with Crippen LogP contribution in [0.25, 0.3) is 0 Å². The molecule has 0 saturated heterocycles. The Morgan fingerprint density at radius 3 is 2.62 bits per heavy atom. The molecule has 2 aromatic carbocycles. The van der Waals surface area contributed by atoms with E-state index in [0.29, 0.717) is 34.1 Å². The summed E-state index contributed by atoms with van der Waals surface area (Å²) in [5, 5.41) is 7.74. The van der Waals surface area contributed by atoms with Gasteiger partial charge in [0.1, 0.15) is 11.6 Å². The highest BCUT2D eigenvalue weighted by Gasteiger charge is 2.08. The number of aryl methyl sites for hydroxylation is 1. The van der Waals surface area contributed by atoms with E-state index in [1.807, 2.05) is 37.3 Å². The molecule has 134 valence electrons. The molecule has 5 nitrogen and oxygen atoms in total. The number of methoxy groups -OCH3 is 1. The number of rotatable bonds is 6. The van der Waals surface area contributed by atoms with Crippen molar-refractivity contribution in [3.63, 3.8) is 0 Å². The van der Waals surface area contributed by atoms with Crippen molar-refractivity contribution in [1.29, 1.82) is 0 Å². The van der Waals surface area contributed by atoms with Crippen molar-refractivity contribution in [3.8, 4) is 5.75 Å². The average molecular weight is 389 g/mol. The van der Waals surface area contributed by atoms with Crippen LogP contribution in [-0.2, 0) is 6.54 Å². The Labute approximate surface area is 162 Å². The average Bonchev–Trinajstić information content (AvgIpc) is 2.61. The molecular weight excluding hydrogens is 371 g/mol. The molecule has 3 rings (SSSR count). The highest BCUT2D eigenvalue weighted by Crippen LogP contribution is 2.30. The Morgan fingerprint density at radius 1 is 1.04 bits per heavy atom. The summed E-state index contributed by atoms with van der Waals surface area (Å²) >= 11 is 12.3. The van der Waals surface area contributed by atoms with Crippen LogP contribution in [0.5, 0.6) is 5.75 Å². The number of anilines is 3. The lowest BCUT2D eigenvalue weighted by Crippen LogP contribution is -2.07. The van der Waals surface area contributed by atoms with Crippen LogP contribution >= 0.6 is 23.2 Å². The SMILES string of the molecule is COc1ccc(Cl)cc1Nc1cc(C)nc(NCc2ccccc2Cl)n1. The largest absolute Gasteiger partial charge is 0.495 e. The van der Waals surface area contributed by atoms with Crippen LogP contribution in [0.4, 0.5) is 17.5 Å². The summed E-state index contributed by atoms with van der Waals surface area (Å²) in [6, 6.07) is 14.9. The zero-order valence-electron chi connectivity index (χ0n) is 14.4. The van der Waals surface area contributed by atoms with Gasteiger partial charge in [-0.05, 0) is 36.8 Å². The predicted octanol–water partition coefficient (Wildman–Crippen LogP) is 5.46. The molecule has 0 unspecified atom stereocenters. The molecule has 7 heteroatoms. The van der Waals surface area contributed by atoms with Gasteiger partial charge in [-0.25, -0.2) is 4.98 Å². The fourth-order valence-corrected chi connectivity index (χ4v) is 2.82. The molecule has 3 aromatic rings. The van der Waals surface area contributed by atoms with E-state index in [9.17, 15) is 0 Å². The van der Waals surface area contributed by atoms with E-state index in [1.54, 1.807) is 25.3 Å². The zero-order valence-corrected chi connectivity index (χ0v) is 15.9. The third kappa shape index (κ3) is 4.56. The first kappa shape index (κ1) is 18.3. The molecule has 0 radical (unpaired) electrons. The van der Waals surface area contributed by atoms with E-state index < -0.39 is 0 Å². The van der Waals surface area contributed by atoms with Gasteiger partial charge < -0.3 is 15.4 Å². The standard InChI is InChI=1S/C19H18Cl2N4O/c1-12-9-18(24-16-10-14(20)7-8-17(16)26-2)25-19(23-12)22-11-13-5-3-4-6-15(13)21/h3-10H,11H2,1-2H3,(H2,22,23,24,25). The lowest BCUT2D eigenvalue weighted by atomic mass is 10.2. The molecule has 0 bridgehead atoms. The molecule has 0 aliphatic heterocycles. The van der Waals surface area contributed by atoms with Crippen molar-refractivity contribution in [1.82, 2.24) is 9.97 Å². The van der Waals surface area contributed by atoms with Gasteiger partial charge in [-0.15, -0.1) is 0 Å². The Hall–Kier alpha value is -2.50. The minimum atomic E-state index is 0.508. The normalized spacial score (nSPS) is 10.5. The number of benzene rings is 2. The van der Waals surface area contributed by atoms with E-state index in [0.717, 1.165) is 16.9 Å². The molecular formula is C19H18Cl2N4O. The maximum atomic E-state index is 6.19. The number of hydrogen-bond donors (Lipinski definition) is 2. The molecule has 0 atom stereocenters. The third-order valence-electron chi connectivity index (χ3n) is 3.67. The Bertz CT molecular complexity index is 918. The Morgan fingerprint density at radius 2 is 1.85 bits per heavy atom. The Kier molecular flexibility index (Phi) is 5.81. The van der Waals surface area contributed by atoms with Gasteiger partial charge in [0.2, 0.25) is 5.95 Å². The number of aromatic nitrogens is 2. The van der Waals surface area contributed by atoms with Crippen LogP contribution in [-0.4, -0.2) is 17.1 Å². The van der Waals surface area contributed by atoms with Crippen molar-refractivity contribution < 1.29 is 4.74 Å². The maximum Gasteiger partial charge on any atom is 0.225 e. The molecule has 26 heavy (non-hydrogen) atoms. The number of ether oxygens (including phenoxy) is 1. The lowest BCUT2D eigenvalue weighted by Gasteiger charge is -2.13. The first-order valence-electron chi connectivity index (χ1n) is 7.98. The van der Waals surface area contributed by atoms with E-state index in [1.165, 1.54) is 0 Å². The number of nitrogens with zero attached hydrogens (tertiary/aromatic N) is 2. The summed E-state index contributed by atoms with van der Waals surface area (Å²) in [4.78, 5) is 8.92. The Balaban J connectivity index is 1.80. The van der Waals surface area contributed by atoms with Gasteiger partial charge in [-0.2, -0.15) is 4.98 Å². The van der Waals surface area contributed by atoms with Crippen LogP contribution in [0.1, 0.15) is 11.3 Å². The monoisotopic (exact) mass is 388 g/mol. The fraction of sp³-hybridized carbons (Fsp3) is 0.158. The smallest absolute Gasteiger partial charge is 0.225 e. The summed E-state index contributed by atoms with van der Waals surface area (Å²) in [6.07, 6.45) is 0. The van der Waals surface area contributed by atoms with Gasteiger partial charge in [0.15, 0.2) is 0 Å². The summed E-state index contributed by atoms with van der Waals surface area (Å²) in [6.45, 7) is 2.44. The van der Waals surface area contributed by atoms with E-state index in [4.69, 9.17) is 27.9 Å². The summed E-state index contributed by atoms with van der Waals surface area (Å²) in [5.74, 6) is 1.82. The van der Waals surface area contributed by atoms with E-state index in [-0.39, 0.29) is 0 Å². The van der Waals surface area contributed by atoms with Crippen molar-refractivity contribution in [2.45, 2.75) is 13.5 Å². The van der Waals surface area contributed by atoms with Gasteiger partial charge in [0.25, 0.3) is 0 Å². The molecule has 0 aliphatic rings. The molecule has 2 N–H and O–H groups in total. The van der Waals surface area contributed by atoms with E-state index in [2.05, 4.69) is 20.6 Å². The summed E-state index contributed by atoms with van der Waals surface area (Å²) in [5.41, 5.74) is 2.53. The zero-order chi connectivity index (χ0) is 18.5. The van der Waals surface area contributed by atoms with Crippen LogP contribution in [0.3, 0.4) is 0 Å². The lowest BCUT2D eigenvalue weighted by molar-refractivity contribution is 0.417. The van der Waals surface area contributed by atoms with Gasteiger partial charge in [-0.1, -0.05) is 41.4 Å². The maximum absolute atomic E-state index is 6.19. The topological polar surface area (TPSA) is 59.1 Å². The second-order valence-corrected chi connectivity index (χ2v) is 6.48. The van der Waals surface area contributed by atoms with Crippen LogP contribution in [0.15, 0.2) is 48.5 Å². The fourth-order valence-electron chi connectivity index (χ4n) is 2.44. The van der Waals surface area contributed by atoms with Crippen molar-refractivity contribution in [2.75, 3.05) is 17.7 Å². The number of halogens is 2. The second kappa shape index (κ2) is 8.25. The molecule has 0 aliphatic carbocycles. The first-order valence-corrected chi connectivity index (χ1v) is 8.74. The van der Waals surface area contributed by atoms with Gasteiger partial charge >= 0.3 is 0 Å². The predicted molar refractivity (Wildman–Crippen MR) is 107 cm³/mol. The number of hydrogen-bond acceptors (Lipinski definition) is 5. The molecule has 0 saturated carbocycles.